The highest BCUT2D eigenvalue weighted by molar-refractivity contribution is 6.18. The van der Waals surface area contributed by atoms with Crippen LogP contribution in [-0.4, -0.2) is 19.9 Å². The van der Waals surface area contributed by atoms with Crippen molar-refractivity contribution in [1.29, 1.82) is 0 Å². The molecule has 56 heavy (non-hydrogen) atoms. The van der Waals surface area contributed by atoms with Crippen LogP contribution in [0.5, 0.6) is 0 Å². The van der Waals surface area contributed by atoms with E-state index >= 15 is 0 Å². The second-order valence-corrected chi connectivity index (χ2v) is 13.9. The van der Waals surface area contributed by atoms with Gasteiger partial charge in [0.15, 0.2) is 17.5 Å². The van der Waals surface area contributed by atoms with Crippen molar-refractivity contribution in [3.05, 3.63) is 206 Å². The third-order valence-electron chi connectivity index (χ3n) is 10.3. The molecule has 0 aliphatic carbocycles. The molecule has 0 aliphatic heterocycles. The van der Waals surface area contributed by atoms with E-state index in [0.29, 0.717) is 17.5 Å². The molecular weight excluding hydrogens is 681 g/mol. The van der Waals surface area contributed by atoms with Gasteiger partial charge in [0.2, 0.25) is 0 Å². The molecule has 10 aromatic rings. The molecule has 0 atom stereocenters. The van der Waals surface area contributed by atoms with E-state index in [1.165, 1.54) is 0 Å². The number of fused-ring (bicyclic) bond motifs is 3. The first-order chi connectivity index (χ1) is 27.7. The lowest BCUT2D eigenvalue weighted by Crippen LogP contribution is -2.02. The highest BCUT2D eigenvalue weighted by atomic mass is 15.0. The fourth-order valence-corrected chi connectivity index (χ4v) is 7.55. The van der Waals surface area contributed by atoms with Crippen molar-refractivity contribution in [2.24, 2.45) is 0 Å². The van der Waals surface area contributed by atoms with Crippen molar-refractivity contribution < 1.29 is 0 Å². The second-order valence-electron chi connectivity index (χ2n) is 13.9. The first-order valence-electron chi connectivity index (χ1n) is 18.8. The van der Waals surface area contributed by atoms with Gasteiger partial charge in [0.25, 0.3) is 0 Å². The van der Waals surface area contributed by atoms with Crippen molar-refractivity contribution in [2.75, 3.05) is 0 Å². The smallest absolute Gasteiger partial charge is 0.166 e. The number of hydrogen-bond acceptors (Lipinski definition) is 4. The zero-order chi connectivity index (χ0) is 37.3. The van der Waals surface area contributed by atoms with E-state index in [9.17, 15) is 0 Å². The van der Waals surface area contributed by atoms with Crippen LogP contribution in [0, 0.1) is 0 Å². The Labute approximate surface area is 325 Å². The zero-order valence-electron chi connectivity index (χ0n) is 30.4. The Kier molecular flexibility index (Phi) is 8.47. The number of pyridine rings is 1. The van der Waals surface area contributed by atoms with Gasteiger partial charge in [-0.15, -0.1) is 0 Å². The van der Waals surface area contributed by atoms with Crippen molar-refractivity contribution in [1.82, 2.24) is 19.9 Å². The van der Waals surface area contributed by atoms with Gasteiger partial charge in [0, 0.05) is 27.6 Å². The van der Waals surface area contributed by atoms with E-state index in [1.807, 2.05) is 36.4 Å². The Balaban J connectivity index is 1.29. The van der Waals surface area contributed by atoms with Crippen LogP contribution < -0.4 is 0 Å². The third kappa shape index (κ3) is 6.29. The molecule has 2 aromatic heterocycles. The minimum absolute atomic E-state index is 0.563. The summed E-state index contributed by atoms with van der Waals surface area (Å²) in [6, 6.07) is 71.6. The largest absolute Gasteiger partial charge is 0.247 e. The van der Waals surface area contributed by atoms with E-state index in [2.05, 4.69) is 170 Å². The molecule has 0 N–H and O–H groups in total. The molecule has 0 radical (unpaired) electrons. The van der Waals surface area contributed by atoms with Crippen LogP contribution in [0.15, 0.2) is 206 Å². The molecule has 0 unspecified atom stereocenters. The summed E-state index contributed by atoms with van der Waals surface area (Å²) < 4.78 is 0. The molecule has 262 valence electrons. The highest BCUT2D eigenvalue weighted by Gasteiger charge is 2.21. The van der Waals surface area contributed by atoms with Gasteiger partial charge < -0.3 is 0 Å². The maximum Gasteiger partial charge on any atom is 0.166 e. The normalized spacial score (nSPS) is 11.2. The summed E-state index contributed by atoms with van der Waals surface area (Å²) in [5.74, 6) is 1.75. The summed E-state index contributed by atoms with van der Waals surface area (Å²) in [4.78, 5) is 21.3. The Morgan fingerprint density at radius 1 is 0.268 bits per heavy atom. The molecular formula is C52H34N4. The van der Waals surface area contributed by atoms with Gasteiger partial charge in [-0.05, 0) is 74.5 Å². The fourth-order valence-electron chi connectivity index (χ4n) is 7.55. The van der Waals surface area contributed by atoms with Crippen LogP contribution in [0.4, 0.5) is 0 Å². The van der Waals surface area contributed by atoms with Crippen LogP contribution in [-0.2, 0) is 0 Å². The van der Waals surface area contributed by atoms with E-state index in [-0.39, 0.29) is 0 Å². The predicted molar refractivity (Wildman–Crippen MR) is 231 cm³/mol. The summed E-state index contributed by atoms with van der Waals surface area (Å²) in [6.45, 7) is 0. The summed E-state index contributed by atoms with van der Waals surface area (Å²) in [6.07, 6.45) is 0. The molecule has 8 aromatic carbocycles. The second kappa shape index (κ2) is 14.3. The lowest BCUT2D eigenvalue weighted by molar-refractivity contribution is 1.08. The van der Waals surface area contributed by atoms with Crippen LogP contribution in [0.1, 0.15) is 0 Å². The van der Waals surface area contributed by atoms with E-state index < -0.39 is 0 Å². The molecule has 0 aliphatic rings. The molecule has 2 heterocycles. The molecule has 0 amide bonds. The van der Waals surface area contributed by atoms with E-state index in [1.54, 1.807) is 0 Å². The molecule has 0 saturated carbocycles. The Morgan fingerprint density at radius 2 is 0.714 bits per heavy atom. The van der Waals surface area contributed by atoms with E-state index in [4.69, 9.17) is 19.9 Å². The molecule has 4 heteroatoms. The average molecular weight is 715 g/mol. The van der Waals surface area contributed by atoms with Gasteiger partial charge in [0.1, 0.15) is 0 Å². The molecule has 0 saturated heterocycles. The summed E-state index contributed by atoms with van der Waals surface area (Å²) in [5.41, 5.74) is 12.1. The van der Waals surface area contributed by atoms with Crippen LogP contribution in [0.2, 0.25) is 0 Å². The molecule has 4 nitrogen and oxygen atoms in total. The SMILES string of the molecule is c1ccc(-c2cc(-c3ccccc3)cc(-c3nc(-c4ccccc4)nc(-c4cc5ccccc5c5c(-c6ccccc6)cc(-c6ccccc6)nc45)n3)c2)cc1. The zero-order valence-corrected chi connectivity index (χ0v) is 30.4. The topological polar surface area (TPSA) is 51.6 Å². The Bertz CT molecular complexity index is 2930. The number of hydrogen-bond donors (Lipinski definition) is 0. The van der Waals surface area contributed by atoms with E-state index in [0.717, 1.165) is 83.0 Å². The Morgan fingerprint density at radius 3 is 1.30 bits per heavy atom. The average Bonchev–Trinajstić information content (AvgIpc) is 3.29. The summed E-state index contributed by atoms with van der Waals surface area (Å²) >= 11 is 0. The minimum atomic E-state index is 0.563. The van der Waals surface area contributed by atoms with Gasteiger partial charge >= 0.3 is 0 Å². The first kappa shape index (κ1) is 33.0. The number of benzene rings is 8. The molecule has 0 fully saturated rings. The summed E-state index contributed by atoms with van der Waals surface area (Å²) in [5, 5.41) is 3.27. The van der Waals surface area contributed by atoms with Gasteiger partial charge in [-0.3, -0.25) is 0 Å². The van der Waals surface area contributed by atoms with Crippen LogP contribution in [0.25, 0.3) is 100 Å². The Hall–Kier alpha value is -7.56. The fraction of sp³-hybridized carbons (Fsp3) is 0. The number of aromatic nitrogens is 4. The van der Waals surface area contributed by atoms with Gasteiger partial charge in [-0.2, -0.15) is 0 Å². The van der Waals surface area contributed by atoms with Gasteiger partial charge in [-0.1, -0.05) is 176 Å². The molecule has 10 rings (SSSR count). The van der Waals surface area contributed by atoms with Crippen molar-refractivity contribution >= 4 is 21.7 Å². The van der Waals surface area contributed by atoms with Crippen molar-refractivity contribution in [2.45, 2.75) is 0 Å². The maximum absolute atomic E-state index is 5.47. The molecule has 0 spiro atoms. The lowest BCUT2D eigenvalue weighted by atomic mass is 9.92. The van der Waals surface area contributed by atoms with Gasteiger partial charge in [-0.25, -0.2) is 19.9 Å². The number of rotatable bonds is 7. The van der Waals surface area contributed by atoms with Crippen LogP contribution >= 0.6 is 0 Å². The van der Waals surface area contributed by atoms with Gasteiger partial charge in [0.05, 0.1) is 11.2 Å². The monoisotopic (exact) mass is 714 g/mol. The van der Waals surface area contributed by atoms with Crippen molar-refractivity contribution in [3.8, 4) is 78.8 Å². The quantitative estimate of drug-likeness (QED) is 0.154. The highest BCUT2D eigenvalue weighted by Crippen LogP contribution is 2.41. The summed E-state index contributed by atoms with van der Waals surface area (Å²) in [7, 11) is 0. The standard InChI is InChI=1S/C52H34N4/c1-6-18-35(19-7-1)41-30-42(36-20-8-2-9-21-36)32-43(31-41)51-54-50(39-26-14-5-15-27-39)55-52(56-51)46-33-40-28-16-17-29-44(40)48-45(37-22-10-3-11-23-37)34-47(53-49(46)48)38-24-12-4-13-25-38/h1-34H. The lowest BCUT2D eigenvalue weighted by Gasteiger charge is -2.17. The van der Waals surface area contributed by atoms with Crippen molar-refractivity contribution in [3.63, 3.8) is 0 Å². The maximum atomic E-state index is 5.47. The third-order valence-corrected chi connectivity index (χ3v) is 10.3. The minimum Gasteiger partial charge on any atom is -0.247 e. The van der Waals surface area contributed by atoms with Crippen LogP contribution in [0.3, 0.4) is 0 Å². The predicted octanol–water partition coefficient (Wildman–Crippen LogP) is 13.2. The first-order valence-corrected chi connectivity index (χ1v) is 18.8. The molecule has 0 bridgehead atoms. The number of nitrogens with zero attached hydrogens (tertiary/aromatic N) is 4.